The molecule has 0 radical (unpaired) electrons. The largest absolute Gasteiger partial charge is 0.316 e. The standard InChI is InChI=1S/C14H26F2N2/c1-13(5-7-18(2)8-6-13)11-17-10-12-3-4-14(15,16)9-12/h12,17H,3-11H2,1-2H3. The predicted octanol–water partition coefficient (Wildman–Crippen LogP) is 2.74. The third kappa shape index (κ3) is 3.89. The van der Waals surface area contributed by atoms with E-state index >= 15 is 0 Å². The highest BCUT2D eigenvalue weighted by atomic mass is 19.3. The van der Waals surface area contributed by atoms with Gasteiger partial charge in [0.1, 0.15) is 0 Å². The van der Waals surface area contributed by atoms with E-state index in [2.05, 4.69) is 24.2 Å². The van der Waals surface area contributed by atoms with Crippen molar-refractivity contribution in [3.8, 4) is 0 Å². The fraction of sp³-hybridized carbons (Fsp3) is 1.00. The van der Waals surface area contributed by atoms with Crippen LogP contribution in [0.4, 0.5) is 8.78 Å². The smallest absolute Gasteiger partial charge is 0.248 e. The Morgan fingerprint density at radius 1 is 1.22 bits per heavy atom. The lowest BCUT2D eigenvalue weighted by molar-refractivity contribution is 0.00495. The van der Waals surface area contributed by atoms with Crippen LogP contribution in [0.2, 0.25) is 0 Å². The first-order chi connectivity index (χ1) is 8.39. The van der Waals surface area contributed by atoms with Gasteiger partial charge in [0, 0.05) is 19.4 Å². The minimum Gasteiger partial charge on any atom is -0.316 e. The molecule has 2 nitrogen and oxygen atoms in total. The van der Waals surface area contributed by atoms with E-state index in [0.29, 0.717) is 11.8 Å². The zero-order chi connectivity index (χ0) is 13.2. The topological polar surface area (TPSA) is 15.3 Å². The summed E-state index contributed by atoms with van der Waals surface area (Å²) in [6.45, 7) is 6.36. The zero-order valence-corrected chi connectivity index (χ0v) is 11.6. The fourth-order valence-electron chi connectivity index (χ4n) is 3.13. The van der Waals surface area contributed by atoms with Crippen LogP contribution in [0.15, 0.2) is 0 Å². The molecule has 0 amide bonds. The highest BCUT2D eigenvalue weighted by Gasteiger charge is 2.39. The zero-order valence-electron chi connectivity index (χ0n) is 11.6. The molecule has 1 aliphatic heterocycles. The number of rotatable bonds is 4. The van der Waals surface area contributed by atoms with Crippen molar-refractivity contribution in [2.75, 3.05) is 33.2 Å². The van der Waals surface area contributed by atoms with Crippen LogP contribution in [0.25, 0.3) is 0 Å². The van der Waals surface area contributed by atoms with Gasteiger partial charge >= 0.3 is 0 Å². The highest BCUT2D eigenvalue weighted by Crippen LogP contribution is 2.38. The maximum Gasteiger partial charge on any atom is 0.248 e. The summed E-state index contributed by atoms with van der Waals surface area (Å²) in [5.74, 6) is -2.22. The molecule has 1 unspecified atom stereocenters. The molecule has 106 valence electrons. The first-order valence-corrected chi connectivity index (χ1v) is 7.16. The van der Waals surface area contributed by atoms with Crippen LogP contribution in [0, 0.1) is 11.3 Å². The molecule has 0 spiro atoms. The molecular weight excluding hydrogens is 234 g/mol. The Bertz CT molecular complexity index is 273. The van der Waals surface area contributed by atoms with Gasteiger partial charge in [0.15, 0.2) is 0 Å². The molecule has 0 aromatic heterocycles. The molecule has 4 heteroatoms. The number of piperidine rings is 1. The molecule has 1 aliphatic carbocycles. The average molecular weight is 260 g/mol. The second-order valence-electron chi connectivity index (χ2n) is 6.71. The van der Waals surface area contributed by atoms with Gasteiger partial charge in [0.25, 0.3) is 0 Å². The molecule has 2 aliphatic rings. The predicted molar refractivity (Wildman–Crippen MR) is 70.0 cm³/mol. The summed E-state index contributed by atoms with van der Waals surface area (Å²) >= 11 is 0. The monoisotopic (exact) mass is 260 g/mol. The number of nitrogens with one attached hydrogen (secondary N) is 1. The summed E-state index contributed by atoms with van der Waals surface area (Å²) in [7, 11) is 2.16. The van der Waals surface area contributed by atoms with Crippen molar-refractivity contribution < 1.29 is 8.78 Å². The van der Waals surface area contributed by atoms with Crippen molar-refractivity contribution >= 4 is 0 Å². The van der Waals surface area contributed by atoms with Gasteiger partial charge in [-0.3, -0.25) is 0 Å². The number of hydrogen-bond donors (Lipinski definition) is 1. The van der Waals surface area contributed by atoms with Gasteiger partial charge in [0.05, 0.1) is 0 Å². The first kappa shape index (κ1) is 14.2. The Labute approximate surface area is 109 Å². The molecule has 1 saturated carbocycles. The van der Waals surface area contributed by atoms with Gasteiger partial charge in [-0.05, 0) is 57.3 Å². The van der Waals surface area contributed by atoms with E-state index in [1.807, 2.05) is 0 Å². The molecular formula is C14H26F2N2. The van der Waals surface area contributed by atoms with Gasteiger partial charge in [0.2, 0.25) is 5.92 Å². The Morgan fingerprint density at radius 2 is 1.89 bits per heavy atom. The fourth-order valence-corrected chi connectivity index (χ4v) is 3.13. The average Bonchev–Trinajstić information content (AvgIpc) is 2.63. The molecule has 0 aromatic rings. The lowest BCUT2D eigenvalue weighted by Crippen LogP contribution is -2.42. The van der Waals surface area contributed by atoms with Crippen molar-refractivity contribution in [1.29, 1.82) is 0 Å². The first-order valence-electron chi connectivity index (χ1n) is 7.16. The second-order valence-corrected chi connectivity index (χ2v) is 6.71. The lowest BCUT2D eigenvalue weighted by atomic mass is 9.80. The van der Waals surface area contributed by atoms with Crippen molar-refractivity contribution in [2.24, 2.45) is 11.3 Å². The van der Waals surface area contributed by atoms with Gasteiger partial charge in [-0.1, -0.05) is 6.92 Å². The van der Waals surface area contributed by atoms with Crippen LogP contribution in [0.3, 0.4) is 0 Å². The Balaban J connectivity index is 1.66. The summed E-state index contributed by atoms with van der Waals surface area (Å²) in [5.41, 5.74) is 0.355. The summed E-state index contributed by atoms with van der Waals surface area (Å²) in [5, 5.41) is 3.44. The van der Waals surface area contributed by atoms with Crippen molar-refractivity contribution in [1.82, 2.24) is 10.2 Å². The van der Waals surface area contributed by atoms with Crippen LogP contribution in [-0.4, -0.2) is 44.0 Å². The molecule has 0 bridgehead atoms. The summed E-state index contributed by atoms with van der Waals surface area (Å²) in [4.78, 5) is 2.36. The molecule has 2 rings (SSSR count). The second kappa shape index (κ2) is 5.41. The van der Waals surface area contributed by atoms with Crippen LogP contribution in [-0.2, 0) is 0 Å². The maximum absolute atomic E-state index is 13.1. The Kier molecular flexibility index (Phi) is 4.27. The van der Waals surface area contributed by atoms with Gasteiger partial charge < -0.3 is 10.2 Å². The van der Waals surface area contributed by atoms with E-state index in [4.69, 9.17) is 0 Å². The van der Waals surface area contributed by atoms with Crippen LogP contribution in [0.5, 0.6) is 0 Å². The van der Waals surface area contributed by atoms with Crippen molar-refractivity contribution in [3.05, 3.63) is 0 Å². The van der Waals surface area contributed by atoms with E-state index in [9.17, 15) is 8.78 Å². The summed E-state index contributed by atoms with van der Waals surface area (Å²) in [6.07, 6.45) is 3.26. The summed E-state index contributed by atoms with van der Waals surface area (Å²) < 4.78 is 26.1. The van der Waals surface area contributed by atoms with E-state index < -0.39 is 5.92 Å². The number of alkyl halides is 2. The van der Waals surface area contributed by atoms with Gasteiger partial charge in [-0.15, -0.1) is 0 Å². The normalized spacial score (nSPS) is 31.7. The molecule has 1 heterocycles. The molecule has 1 N–H and O–H groups in total. The van der Waals surface area contributed by atoms with Gasteiger partial charge in [-0.2, -0.15) is 0 Å². The molecule has 1 atom stereocenters. The third-order valence-corrected chi connectivity index (χ3v) is 4.68. The Morgan fingerprint density at radius 3 is 2.44 bits per heavy atom. The van der Waals surface area contributed by atoms with Crippen LogP contribution < -0.4 is 5.32 Å². The Hall–Kier alpha value is -0.220. The van der Waals surface area contributed by atoms with Crippen LogP contribution in [0.1, 0.15) is 39.0 Å². The lowest BCUT2D eigenvalue weighted by Gasteiger charge is -2.38. The van der Waals surface area contributed by atoms with E-state index in [1.165, 1.54) is 12.8 Å². The van der Waals surface area contributed by atoms with Gasteiger partial charge in [-0.25, -0.2) is 8.78 Å². The summed E-state index contributed by atoms with van der Waals surface area (Å²) in [6, 6.07) is 0. The quantitative estimate of drug-likeness (QED) is 0.836. The molecule has 1 saturated heterocycles. The molecule has 0 aromatic carbocycles. The van der Waals surface area contributed by atoms with E-state index in [0.717, 1.165) is 26.2 Å². The minimum atomic E-state index is -2.40. The molecule has 18 heavy (non-hydrogen) atoms. The number of likely N-dealkylation sites (tertiary alicyclic amines) is 1. The van der Waals surface area contributed by atoms with E-state index in [-0.39, 0.29) is 18.8 Å². The third-order valence-electron chi connectivity index (χ3n) is 4.68. The van der Waals surface area contributed by atoms with Crippen molar-refractivity contribution in [2.45, 2.75) is 45.0 Å². The minimum absolute atomic E-state index is 0.0828. The number of nitrogens with zero attached hydrogens (tertiary/aromatic N) is 1. The SMILES string of the molecule is CN1CCC(C)(CNCC2CCC(F)(F)C2)CC1. The van der Waals surface area contributed by atoms with Crippen LogP contribution >= 0.6 is 0 Å². The highest BCUT2D eigenvalue weighted by molar-refractivity contribution is 4.86. The maximum atomic E-state index is 13.1. The van der Waals surface area contributed by atoms with Crippen molar-refractivity contribution in [3.63, 3.8) is 0 Å². The number of halogens is 2. The van der Waals surface area contributed by atoms with E-state index in [1.54, 1.807) is 0 Å². The number of hydrogen-bond acceptors (Lipinski definition) is 2. The molecule has 2 fully saturated rings.